The van der Waals surface area contributed by atoms with Gasteiger partial charge in [0.25, 0.3) is 0 Å². The minimum atomic E-state index is -1.77. The van der Waals surface area contributed by atoms with Crippen molar-refractivity contribution in [3.63, 3.8) is 0 Å². The molecule has 3 saturated carbocycles. The van der Waals surface area contributed by atoms with Gasteiger partial charge in [0.1, 0.15) is 85.5 Å². The summed E-state index contributed by atoms with van der Waals surface area (Å²) in [7, 11) is 0. The molecule has 0 aromatic heterocycles. The first-order chi connectivity index (χ1) is 33.5. The van der Waals surface area contributed by atoms with E-state index in [4.69, 9.17) is 47.4 Å². The molecule has 6 heterocycles. The van der Waals surface area contributed by atoms with E-state index in [-0.39, 0.29) is 60.7 Å². The monoisotopic (exact) mass is 1020 g/mol. The highest BCUT2D eigenvalue weighted by molar-refractivity contribution is 5.29. The number of fused-ring (bicyclic) bond motifs is 7. The first-order valence-corrected chi connectivity index (χ1v) is 25.5. The molecular weight excluding hydrogens is 941 g/mol. The van der Waals surface area contributed by atoms with Gasteiger partial charge in [-0.05, 0) is 80.6 Å². The van der Waals surface area contributed by atoms with Crippen LogP contribution in [-0.2, 0) is 47.4 Å². The van der Waals surface area contributed by atoms with Crippen molar-refractivity contribution in [1.29, 1.82) is 0 Å². The fourth-order valence-corrected chi connectivity index (χ4v) is 14.9. The maximum atomic E-state index is 12.1. The number of allylic oxidation sites excluding steroid dienone is 1. The van der Waals surface area contributed by atoms with Crippen molar-refractivity contribution in [2.45, 2.75) is 220 Å². The van der Waals surface area contributed by atoms with Crippen molar-refractivity contribution < 1.29 is 109 Å². The summed E-state index contributed by atoms with van der Waals surface area (Å²) in [4.78, 5) is 0. The third kappa shape index (κ3) is 8.55. The molecule has 6 saturated heterocycles. The lowest BCUT2D eigenvalue weighted by molar-refractivity contribution is -0.390. The lowest BCUT2D eigenvalue weighted by atomic mass is 9.46. The van der Waals surface area contributed by atoms with Gasteiger partial charge >= 0.3 is 0 Å². The van der Waals surface area contributed by atoms with Crippen LogP contribution in [0.2, 0.25) is 0 Å². The van der Waals surface area contributed by atoms with Gasteiger partial charge in [-0.2, -0.15) is 0 Å². The summed E-state index contributed by atoms with van der Waals surface area (Å²) >= 11 is 0. The van der Waals surface area contributed by atoms with Gasteiger partial charge in [-0.1, -0.05) is 39.0 Å². The quantitative estimate of drug-likeness (QED) is 0.109. The van der Waals surface area contributed by atoms with Crippen molar-refractivity contribution in [3.8, 4) is 0 Å². The number of ether oxygens (including phenoxy) is 10. The molecule has 6 aliphatic heterocycles. The smallest absolute Gasteiger partial charge is 0.200 e. The van der Waals surface area contributed by atoms with Crippen molar-refractivity contribution in [3.05, 3.63) is 23.8 Å². The van der Waals surface area contributed by atoms with E-state index in [1.54, 1.807) is 6.92 Å². The van der Waals surface area contributed by atoms with E-state index in [1.165, 1.54) is 6.92 Å². The molecule has 6 unspecified atom stereocenters. The van der Waals surface area contributed by atoms with Crippen LogP contribution in [0.1, 0.15) is 73.1 Å². The van der Waals surface area contributed by atoms with Gasteiger partial charge in [-0.25, -0.2) is 0 Å². The molecule has 10 rings (SSSR count). The van der Waals surface area contributed by atoms with E-state index >= 15 is 0 Å². The zero-order chi connectivity index (χ0) is 51.0. The average molecular weight is 1020 g/mol. The second-order valence-corrected chi connectivity index (χ2v) is 22.8. The Morgan fingerprint density at radius 3 is 1.93 bits per heavy atom. The number of hydrogen-bond donors (Lipinski definition) is 12. The van der Waals surface area contributed by atoms with Gasteiger partial charge in [0.15, 0.2) is 25.2 Å². The van der Waals surface area contributed by atoms with Crippen LogP contribution >= 0.6 is 0 Å². The van der Waals surface area contributed by atoms with E-state index in [9.17, 15) is 61.3 Å². The predicted octanol–water partition coefficient (Wildman–Crippen LogP) is -2.82. The molecule has 31 atom stereocenters. The Labute approximate surface area is 411 Å². The highest BCUT2D eigenvalue weighted by atomic mass is 16.8. The van der Waals surface area contributed by atoms with Crippen LogP contribution in [0.4, 0.5) is 0 Å². The van der Waals surface area contributed by atoms with Gasteiger partial charge in [-0.15, -0.1) is 0 Å². The summed E-state index contributed by atoms with van der Waals surface area (Å²) in [6.07, 6.45) is -25.0. The van der Waals surface area contributed by atoms with Crippen LogP contribution in [0.5, 0.6) is 0 Å². The van der Waals surface area contributed by atoms with Crippen LogP contribution in [0.3, 0.4) is 0 Å². The molecule has 0 radical (unpaired) electrons. The van der Waals surface area contributed by atoms with Crippen molar-refractivity contribution in [2.24, 2.45) is 40.4 Å². The molecule has 0 aromatic rings. The van der Waals surface area contributed by atoms with E-state index in [2.05, 4.69) is 26.5 Å². The van der Waals surface area contributed by atoms with Crippen LogP contribution in [0.25, 0.3) is 0 Å². The molecule has 4 aliphatic carbocycles. The van der Waals surface area contributed by atoms with Crippen LogP contribution < -0.4 is 0 Å². The molecule has 9 fully saturated rings. The third-order valence-electron chi connectivity index (χ3n) is 19.0. The maximum Gasteiger partial charge on any atom is 0.200 e. The summed E-state index contributed by atoms with van der Waals surface area (Å²) in [6.45, 7) is 12.9. The normalized spacial score (nSPS) is 58.4. The molecule has 0 aromatic carbocycles. The highest BCUT2D eigenvalue weighted by Gasteiger charge is 2.72. The summed E-state index contributed by atoms with van der Waals surface area (Å²) in [5, 5.41) is 130. The van der Waals surface area contributed by atoms with Gasteiger partial charge in [0, 0.05) is 17.8 Å². The van der Waals surface area contributed by atoms with Crippen LogP contribution in [0.15, 0.2) is 23.8 Å². The minimum Gasteiger partial charge on any atom is -0.393 e. The SMILES string of the molecule is C=C1COC2(OC3CC4C5CC=C6C[C@@H](O)C[C@@H](O[C@@H]7O[C@H](C)[C@H](O)[C@H](O[C@@H]8O[C@@H](C)[C@H](O)[C@@H](O)[C@H]8O)[C@H]7O[C@@H]7OC[C@@H](O)[C@H](O)[C@H]7O)[C@]6(C)C5CC[C@]4(C)C3[C@@H]2C)[C@@H](O)[C@H]1O[C@H]1OC[C@H](O)[C@H](O)[C@H]1O. The number of rotatable bonds is 8. The van der Waals surface area contributed by atoms with Crippen LogP contribution in [0, 0.1) is 40.4 Å². The van der Waals surface area contributed by atoms with E-state index in [0.29, 0.717) is 18.4 Å². The van der Waals surface area contributed by atoms with Gasteiger partial charge < -0.3 is 109 Å². The lowest BCUT2D eigenvalue weighted by Crippen LogP contribution is -2.66. The molecule has 1 spiro atoms. The van der Waals surface area contributed by atoms with Crippen LogP contribution in [-0.4, -0.2) is 228 Å². The molecule has 0 bridgehead atoms. The summed E-state index contributed by atoms with van der Waals surface area (Å²) < 4.78 is 62.5. The van der Waals surface area contributed by atoms with Gasteiger partial charge in [-0.3, -0.25) is 0 Å². The third-order valence-corrected chi connectivity index (χ3v) is 19.0. The Hall–Kier alpha value is -1.40. The molecular formula is C49H76O22. The highest BCUT2D eigenvalue weighted by Crippen LogP contribution is 2.71. The molecule has 12 N–H and O–H groups in total. The molecule has 0 amide bonds. The van der Waals surface area contributed by atoms with Crippen molar-refractivity contribution in [1.82, 2.24) is 0 Å². The summed E-state index contributed by atoms with van der Waals surface area (Å²) in [5.41, 5.74) is 0.483. The van der Waals surface area contributed by atoms with E-state index < -0.39 is 153 Å². The van der Waals surface area contributed by atoms with Gasteiger partial charge in [0.05, 0.1) is 50.3 Å². The van der Waals surface area contributed by atoms with Crippen molar-refractivity contribution >= 4 is 0 Å². The Balaban J connectivity index is 0.906. The fraction of sp³-hybridized carbons (Fsp3) is 0.918. The lowest BCUT2D eigenvalue weighted by Gasteiger charge is -2.61. The first kappa shape index (κ1) is 53.0. The number of aliphatic hydroxyl groups excluding tert-OH is 12. The van der Waals surface area contributed by atoms with Gasteiger partial charge in [0.2, 0.25) is 5.79 Å². The minimum absolute atomic E-state index is 0.00679. The second-order valence-electron chi connectivity index (χ2n) is 22.8. The first-order valence-electron chi connectivity index (χ1n) is 25.5. The molecule has 71 heavy (non-hydrogen) atoms. The van der Waals surface area contributed by atoms with Crippen molar-refractivity contribution in [2.75, 3.05) is 19.8 Å². The summed E-state index contributed by atoms with van der Waals surface area (Å²) in [5.74, 6) is -1.53. The Kier molecular flexibility index (Phi) is 14.6. The zero-order valence-electron chi connectivity index (χ0n) is 40.8. The molecule has 22 nitrogen and oxygen atoms in total. The molecule has 22 heteroatoms. The maximum absolute atomic E-state index is 12.1. The largest absolute Gasteiger partial charge is 0.393 e. The Bertz CT molecular complexity index is 1960. The number of hydrogen-bond acceptors (Lipinski definition) is 22. The Morgan fingerprint density at radius 2 is 1.25 bits per heavy atom. The Morgan fingerprint density at radius 1 is 0.648 bits per heavy atom. The topological polar surface area (TPSA) is 335 Å². The average Bonchev–Trinajstić information content (AvgIpc) is 3.79. The summed E-state index contributed by atoms with van der Waals surface area (Å²) in [6, 6.07) is 0. The second kappa shape index (κ2) is 19.6. The number of aliphatic hydroxyl groups is 12. The van der Waals surface area contributed by atoms with E-state index in [1.807, 2.05) is 6.92 Å². The molecule has 10 aliphatic rings. The zero-order valence-corrected chi connectivity index (χ0v) is 40.8. The fourth-order valence-electron chi connectivity index (χ4n) is 14.9. The predicted molar refractivity (Wildman–Crippen MR) is 238 cm³/mol. The van der Waals surface area contributed by atoms with E-state index in [0.717, 1.165) is 24.8 Å². The molecule has 404 valence electrons. The standard InChI is InChI=1S/C49H76O22/c1-17-14-64-49(42(61)39(17)68-43-36(58)33(55)26(51)15-62-43)18(2)30-28(71-49)13-25-23-8-7-21-11-22(50)12-29(48(21,6)24(23)9-10-47(25,30)5)67-46-41(70-44-37(59)34(56)27(52)16-63-44)40(32(54)20(4)66-46)69-45-38(60)35(57)31(53)19(3)65-45/h7,18-20,22-46,50-61H,1,8-16H2,2-6H3/t18-,19-,20+,22+,23?,24?,25?,26-,27+,28?,29+,30?,31-,32-,33-,34-,35+,36+,37+,38+,39-,40-,41+,42-,43+,44-,45-,46-,47-,48-,49?/m0/s1.